The molecule has 5 nitrogen and oxygen atoms in total. The predicted octanol–water partition coefficient (Wildman–Crippen LogP) is 4.14. The van der Waals surface area contributed by atoms with Crippen LogP contribution in [0.2, 0.25) is 0 Å². The van der Waals surface area contributed by atoms with Crippen molar-refractivity contribution in [2.75, 3.05) is 4.90 Å². The average Bonchev–Trinajstić information content (AvgIpc) is 2.54. The molecule has 0 atom stereocenters. The molecule has 4 N–H and O–H groups in total. The van der Waals surface area contributed by atoms with Crippen LogP contribution in [0.15, 0.2) is 38.7 Å². The van der Waals surface area contributed by atoms with Gasteiger partial charge in [0, 0.05) is 5.69 Å². The lowest BCUT2D eigenvalue weighted by atomic mass is 9.87. The first-order chi connectivity index (χ1) is 11.4. The lowest BCUT2D eigenvalue weighted by Crippen LogP contribution is -2.58. The molecule has 0 saturated heterocycles. The van der Waals surface area contributed by atoms with E-state index >= 15 is 0 Å². The van der Waals surface area contributed by atoms with Gasteiger partial charge in [-0.25, -0.2) is 4.99 Å². The van der Waals surface area contributed by atoms with Crippen molar-refractivity contribution in [3.8, 4) is 0 Å². The Morgan fingerprint density at radius 1 is 1.08 bits per heavy atom. The Morgan fingerprint density at radius 3 is 2.46 bits per heavy atom. The van der Waals surface area contributed by atoms with Crippen molar-refractivity contribution in [1.82, 2.24) is 0 Å². The predicted molar refractivity (Wildman–Crippen MR) is 102 cm³/mol. The third kappa shape index (κ3) is 3.21. The van der Waals surface area contributed by atoms with E-state index in [-0.39, 0.29) is 15.5 Å². The van der Waals surface area contributed by atoms with Crippen LogP contribution in [0.4, 0.5) is 5.69 Å². The summed E-state index contributed by atoms with van der Waals surface area (Å²) in [5.41, 5.74) is 13.1. The first kappa shape index (κ1) is 17.4. The fraction of sp³-hybridized carbons (Fsp3) is 0.375. The molecule has 1 aromatic carbocycles. The fourth-order valence-corrected chi connectivity index (χ4v) is 3.72. The van der Waals surface area contributed by atoms with Gasteiger partial charge in [-0.1, -0.05) is 53.4 Å². The van der Waals surface area contributed by atoms with Gasteiger partial charge in [-0.3, -0.25) is 4.90 Å². The smallest absolute Gasteiger partial charge is 0.220 e. The summed E-state index contributed by atoms with van der Waals surface area (Å²) in [6.07, 6.45) is 5.04. The van der Waals surface area contributed by atoms with E-state index < -0.39 is 5.66 Å². The molecule has 0 bridgehead atoms. The Bertz CT molecular complexity index is 731. The second-order valence-corrected chi connectivity index (χ2v) is 7.27. The normalized spacial score (nSPS) is 19.7. The second kappa shape index (κ2) is 6.82. The zero-order chi connectivity index (χ0) is 17.3. The number of nitrogens with zero attached hydrogens (tertiary/aromatic N) is 3. The van der Waals surface area contributed by atoms with Gasteiger partial charge in [-0.15, -0.1) is 0 Å². The number of hydrogen-bond donors (Lipinski definition) is 2. The van der Waals surface area contributed by atoms with Gasteiger partial charge in [0.2, 0.25) is 11.9 Å². The lowest BCUT2D eigenvalue weighted by molar-refractivity contribution is 0.305. The Labute approximate surface area is 156 Å². The number of halogens is 3. The molecule has 0 unspecified atom stereocenters. The van der Waals surface area contributed by atoms with Crippen molar-refractivity contribution in [3.63, 3.8) is 0 Å². The van der Waals surface area contributed by atoms with Gasteiger partial charge in [-0.05, 0) is 43.4 Å². The fourth-order valence-electron chi connectivity index (χ4n) is 3.39. The molecule has 128 valence electrons. The highest BCUT2D eigenvalue weighted by molar-refractivity contribution is 6.66. The quantitative estimate of drug-likeness (QED) is 0.801. The van der Waals surface area contributed by atoms with E-state index in [0.717, 1.165) is 31.4 Å². The Morgan fingerprint density at radius 2 is 1.79 bits per heavy atom. The summed E-state index contributed by atoms with van der Waals surface area (Å²) in [5, 5.41) is 0.286. The molecule has 1 aliphatic carbocycles. The second-order valence-electron chi connectivity index (χ2n) is 5.94. The van der Waals surface area contributed by atoms with E-state index in [1.165, 1.54) is 6.42 Å². The van der Waals surface area contributed by atoms with E-state index in [1.54, 1.807) is 0 Å². The molecular formula is C16H18Cl3N5. The zero-order valence-corrected chi connectivity index (χ0v) is 15.2. The van der Waals surface area contributed by atoms with Gasteiger partial charge in [0.1, 0.15) is 10.2 Å². The van der Waals surface area contributed by atoms with Gasteiger partial charge in [-0.2, -0.15) is 4.99 Å². The summed E-state index contributed by atoms with van der Waals surface area (Å²) in [4.78, 5) is 10.7. The topological polar surface area (TPSA) is 80.0 Å². The lowest BCUT2D eigenvalue weighted by Gasteiger charge is -2.45. The van der Waals surface area contributed by atoms with Gasteiger partial charge in [0.05, 0.1) is 5.03 Å². The first-order valence-corrected chi connectivity index (χ1v) is 8.87. The molecule has 0 radical (unpaired) electrons. The van der Waals surface area contributed by atoms with Crippen molar-refractivity contribution in [2.45, 2.75) is 37.8 Å². The largest absolute Gasteiger partial charge is 0.369 e. The van der Waals surface area contributed by atoms with E-state index in [0.29, 0.717) is 11.5 Å². The summed E-state index contributed by atoms with van der Waals surface area (Å²) >= 11 is 17.8. The molecule has 1 aromatic rings. The third-order valence-electron chi connectivity index (χ3n) is 4.38. The minimum atomic E-state index is -0.492. The summed E-state index contributed by atoms with van der Waals surface area (Å²) in [5.74, 6) is 0.558. The molecule has 0 amide bonds. The van der Waals surface area contributed by atoms with Crippen LogP contribution < -0.4 is 16.4 Å². The molecule has 0 aromatic heterocycles. The molecular weight excluding hydrogens is 369 g/mol. The molecule has 3 rings (SSSR count). The van der Waals surface area contributed by atoms with Gasteiger partial charge < -0.3 is 11.5 Å². The molecule has 2 aliphatic rings. The van der Waals surface area contributed by atoms with Crippen LogP contribution in [0.25, 0.3) is 5.03 Å². The molecule has 1 fully saturated rings. The van der Waals surface area contributed by atoms with Gasteiger partial charge in [0.25, 0.3) is 0 Å². The number of nitrogens with two attached hydrogens (primary N) is 2. The van der Waals surface area contributed by atoms with E-state index in [9.17, 15) is 0 Å². The highest BCUT2D eigenvalue weighted by Gasteiger charge is 2.42. The highest BCUT2D eigenvalue weighted by atomic mass is 35.5. The molecule has 1 spiro atoms. The third-order valence-corrected chi connectivity index (χ3v) is 5.35. The van der Waals surface area contributed by atoms with Gasteiger partial charge in [0.15, 0.2) is 0 Å². The highest BCUT2D eigenvalue weighted by Crippen LogP contribution is 2.40. The van der Waals surface area contributed by atoms with Crippen LogP contribution in [0.5, 0.6) is 0 Å². The number of benzene rings is 1. The van der Waals surface area contributed by atoms with E-state index in [1.807, 2.05) is 29.2 Å². The average molecular weight is 387 g/mol. The number of hydrogen-bond acceptors (Lipinski definition) is 5. The van der Waals surface area contributed by atoms with Crippen LogP contribution >= 0.6 is 34.8 Å². The number of aliphatic imine (C=N–C) groups is 2. The van der Waals surface area contributed by atoms with Crippen LogP contribution in [-0.4, -0.2) is 17.6 Å². The SMILES string of the molecule is NC1=NC2(CCCCC2)N(c2cccc(C(Cl)=C(Cl)Cl)c2)C(N)=N1. The minimum absolute atomic E-state index is 0.0174. The van der Waals surface area contributed by atoms with Crippen molar-refractivity contribution in [3.05, 3.63) is 34.3 Å². The maximum Gasteiger partial charge on any atom is 0.220 e. The van der Waals surface area contributed by atoms with Crippen molar-refractivity contribution < 1.29 is 0 Å². The summed E-state index contributed by atoms with van der Waals surface area (Å²) < 4.78 is 0.0174. The molecule has 24 heavy (non-hydrogen) atoms. The first-order valence-electron chi connectivity index (χ1n) is 7.74. The number of rotatable bonds is 2. The summed E-state index contributed by atoms with van der Waals surface area (Å²) in [6.45, 7) is 0. The summed E-state index contributed by atoms with van der Waals surface area (Å²) in [6, 6.07) is 7.52. The number of guanidine groups is 2. The van der Waals surface area contributed by atoms with E-state index in [2.05, 4.69) is 9.98 Å². The van der Waals surface area contributed by atoms with Crippen LogP contribution in [0.3, 0.4) is 0 Å². The van der Waals surface area contributed by atoms with Crippen LogP contribution in [-0.2, 0) is 0 Å². The molecule has 1 heterocycles. The molecule has 1 aliphatic heterocycles. The van der Waals surface area contributed by atoms with Crippen molar-refractivity contribution in [1.29, 1.82) is 0 Å². The monoisotopic (exact) mass is 385 g/mol. The Hall–Kier alpha value is -1.43. The van der Waals surface area contributed by atoms with Crippen molar-refractivity contribution in [2.24, 2.45) is 21.5 Å². The standard InChI is InChI=1S/C16H18Cl3N5/c17-12(13(18)19)10-5-4-6-11(9-10)24-15(21)22-14(20)23-16(24)7-2-1-3-8-16/h4-6,9H,1-3,7-8H2,(H4,20,21,22,23). The zero-order valence-electron chi connectivity index (χ0n) is 13.0. The maximum absolute atomic E-state index is 6.21. The Balaban J connectivity index is 2.08. The Kier molecular flexibility index (Phi) is 4.95. The van der Waals surface area contributed by atoms with Crippen molar-refractivity contribution >= 4 is 57.4 Å². The van der Waals surface area contributed by atoms with Crippen LogP contribution in [0, 0.1) is 0 Å². The van der Waals surface area contributed by atoms with E-state index in [4.69, 9.17) is 46.3 Å². The molecule has 8 heteroatoms. The van der Waals surface area contributed by atoms with Crippen LogP contribution in [0.1, 0.15) is 37.7 Å². The number of anilines is 1. The molecule has 1 saturated carbocycles. The minimum Gasteiger partial charge on any atom is -0.369 e. The maximum atomic E-state index is 6.21. The summed E-state index contributed by atoms with van der Waals surface area (Å²) in [7, 11) is 0. The van der Waals surface area contributed by atoms with Gasteiger partial charge >= 0.3 is 0 Å².